The summed E-state index contributed by atoms with van der Waals surface area (Å²) in [4.78, 5) is 20.4. The predicted molar refractivity (Wildman–Crippen MR) is 104 cm³/mol. The number of carboxylic acids is 1. The molecule has 1 aromatic carbocycles. The van der Waals surface area contributed by atoms with Crippen molar-refractivity contribution >= 4 is 39.3 Å². The van der Waals surface area contributed by atoms with Crippen LogP contribution in [0.1, 0.15) is 12.8 Å². The first kappa shape index (κ1) is 18.5. The zero-order valence-electron chi connectivity index (χ0n) is 14.4. The molecule has 0 unspecified atom stereocenters. The Morgan fingerprint density at radius 1 is 1.23 bits per heavy atom. The maximum Gasteiger partial charge on any atom is 0.303 e. The molecule has 2 aromatic heterocycles. The number of rotatable bonds is 8. The lowest BCUT2D eigenvalue weighted by atomic mass is 10.1. The van der Waals surface area contributed by atoms with Gasteiger partial charge in [0.2, 0.25) is 0 Å². The Bertz CT molecular complexity index is 927. The Morgan fingerprint density at radius 2 is 2.04 bits per heavy atom. The normalized spacial score (nSPS) is 10.8. The minimum atomic E-state index is -0.778. The van der Waals surface area contributed by atoms with Gasteiger partial charge in [-0.05, 0) is 24.1 Å². The first-order chi connectivity index (χ1) is 12.6. The number of hydrogen-bond donors (Lipinski definition) is 1. The van der Waals surface area contributed by atoms with Crippen molar-refractivity contribution in [2.75, 3.05) is 20.0 Å². The highest BCUT2D eigenvalue weighted by atomic mass is 32.2. The van der Waals surface area contributed by atoms with E-state index in [1.165, 1.54) is 0 Å². The van der Waals surface area contributed by atoms with E-state index in [9.17, 15) is 4.79 Å². The van der Waals surface area contributed by atoms with E-state index in [2.05, 4.69) is 15.3 Å². The van der Waals surface area contributed by atoms with E-state index in [4.69, 9.17) is 14.6 Å². The molecule has 0 aliphatic rings. The van der Waals surface area contributed by atoms with E-state index >= 15 is 0 Å². The van der Waals surface area contributed by atoms with Gasteiger partial charge >= 0.3 is 5.97 Å². The topological polar surface area (TPSA) is 81.5 Å². The summed E-state index contributed by atoms with van der Waals surface area (Å²) in [7, 11) is 3.22. The molecule has 0 spiro atoms. The summed E-state index contributed by atoms with van der Waals surface area (Å²) in [6.07, 6.45) is 2.31. The highest BCUT2D eigenvalue weighted by Gasteiger charge is 2.15. The summed E-state index contributed by atoms with van der Waals surface area (Å²) >= 11 is 3.12. The molecular formula is C18H18N2O4S2. The second-order valence-electron chi connectivity index (χ2n) is 5.42. The molecule has 0 amide bonds. The number of aliphatic carboxylic acids is 1. The number of carboxylic acid groups (broad SMARTS) is 1. The number of ether oxygens (including phenoxy) is 2. The van der Waals surface area contributed by atoms with Crippen LogP contribution in [0.3, 0.4) is 0 Å². The van der Waals surface area contributed by atoms with Crippen molar-refractivity contribution in [1.82, 2.24) is 9.97 Å². The lowest BCUT2D eigenvalue weighted by Crippen LogP contribution is -1.95. The second-order valence-corrected chi connectivity index (χ2v) is 7.37. The molecule has 0 bridgehead atoms. The molecule has 0 fully saturated rings. The third kappa shape index (κ3) is 3.91. The van der Waals surface area contributed by atoms with E-state index in [0.29, 0.717) is 23.7 Å². The van der Waals surface area contributed by atoms with Crippen molar-refractivity contribution in [3.8, 4) is 22.6 Å². The summed E-state index contributed by atoms with van der Waals surface area (Å²) in [5.74, 6) is 1.26. The Balaban J connectivity index is 1.95. The summed E-state index contributed by atoms with van der Waals surface area (Å²) < 4.78 is 10.7. The van der Waals surface area contributed by atoms with Crippen LogP contribution in [-0.2, 0) is 4.79 Å². The fourth-order valence-electron chi connectivity index (χ4n) is 2.57. The lowest BCUT2D eigenvalue weighted by Gasteiger charge is -2.10. The van der Waals surface area contributed by atoms with Crippen molar-refractivity contribution in [1.29, 1.82) is 0 Å². The van der Waals surface area contributed by atoms with Crippen LogP contribution in [0.2, 0.25) is 0 Å². The van der Waals surface area contributed by atoms with Gasteiger partial charge in [-0.3, -0.25) is 4.79 Å². The van der Waals surface area contributed by atoms with Crippen molar-refractivity contribution in [3.63, 3.8) is 0 Å². The average molecular weight is 390 g/mol. The molecule has 8 heteroatoms. The molecule has 3 rings (SSSR count). The van der Waals surface area contributed by atoms with Gasteiger partial charge < -0.3 is 14.6 Å². The fourth-order valence-corrected chi connectivity index (χ4v) is 4.50. The van der Waals surface area contributed by atoms with Crippen LogP contribution in [-0.4, -0.2) is 41.0 Å². The molecule has 2 heterocycles. The number of aromatic nitrogens is 2. The zero-order valence-corrected chi connectivity index (χ0v) is 16.0. The number of hydrogen-bond acceptors (Lipinski definition) is 7. The van der Waals surface area contributed by atoms with Crippen LogP contribution in [0, 0.1) is 0 Å². The quantitative estimate of drug-likeness (QED) is 0.348. The molecular weight excluding hydrogens is 372 g/mol. The number of nitrogens with zero attached hydrogens (tertiary/aromatic N) is 2. The standard InChI is InChI=1S/C18H18N2O4S2/c1-23-13-6-5-11(8-14(13)24-2)12-9-26-18-16(12)17(19-10-20-18)25-7-3-4-15(21)22/h5-6,8-10H,3-4,7H2,1-2H3,(H,21,22). The maximum absolute atomic E-state index is 10.7. The third-order valence-corrected chi connectivity index (χ3v) is 5.77. The number of thiophene rings is 1. The molecule has 0 radical (unpaired) electrons. The molecule has 6 nitrogen and oxygen atoms in total. The molecule has 3 aromatic rings. The van der Waals surface area contributed by atoms with Gasteiger partial charge in [0.25, 0.3) is 0 Å². The van der Waals surface area contributed by atoms with Gasteiger partial charge in [0.05, 0.1) is 19.6 Å². The van der Waals surface area contributed by atoms with Crippen LogP contribution < -0.4 is 9.47 Å². The first-order valence-corrected chi connectivity index (χ1v) is 9.79. The van der Waals surface area contributed by atoms with Crippen LogP contribution in [0.15, 0.2) is 34.9 Å². The predicted octanol–water partition coefficient (Wildman–Crippen LogP) is 4.33. The van der Waals surface area contributed by atoms with Crippen molar-refractivity contribution in [2.24, 2.45) is 0 Å². The Kier molecular flexibility index (Phi) is 5.95. The second kappa shape index (κ2) is 8.37. The van der Waals surface area contributed by atoms with Gasteiger partial charge in [0.1, 0.15) is 16.2 Å². The van der Waals surface area contributed by atoms with Gasteiger partial charge in [-0.15, -0.1) is 23.1 Å². The van der Waals surface area contributed by atoms with Gasteiger partial charge in [0, 0.05) is 23.1 Å². The van der Waals surface area contributed by atoms with Crippen molar-refractivity contribution in [3.05, 3.63) is 29.9 Å². The summed E-state index contributed by atoms with van der Waals surface area (Å²) in [6, 6.07) is 5.79. The molecule has 26 heavy (non-hydrogen) atoms. The largest absolute Gasteiger partial charge is 0.493 e. The van der Waals surface area contributed by atoms with Crippen LogP contribution in [0.4, 0.5) is 0 Å². The minimum absolute atomic E-state index is 0.160. The molecule has 0 aliphatic carbocycles. The number of thioether (sulfide) groups is 1. The molecule has 0 saturated carbocycles. The fraction of sp³-hybridized carbons (Fsp3) is 0.278. The highest BCUT2D eigenvalue weighted by molar-refractivity contribution is 7.99. The third-order valence-electron chi connectivity index (χ3n) is 3.80. The SMILES string of the molecule is COc1ccc(-c2csc3ncnc(SCCCC(=O)O)c23)cc1OC. The van der Waals surface area contributed by atoms with E-state index in [1.54, 1.807) is 43.6 Å². The van der Waals surface area contributed by atoms with Crippen LogP contribution >= 0.6 is 23.1 Å². The van der Waals surface area contributed by atoms with Gasteiger partial charge in [-0.1, -0.05) is 6.07 Å². The van der Waals surface area contributed by atoms with Gasteiger partial charge in [0.15, 0.2) is 11.5 Å². The van der Waals surface area contributed by atoms with E-state index in [1.807, 2.05) is 18.2 Å². The van der Waals surface area contributed by atoms with E-state index < -0.39 is 5.97 Å². The number of methoxy groups -OCH3 is 2. The maximum atomic E-state index is 10.7. The molecule has 0 saturated heterocycles. The minimum Gasteiger partial charge on any atom is -0.493 e. The lowest BCUT2D eigenvalue weighted by molar-refractivity contribution is -0.137. The average Bonchev–Trinajstić information content (AvgIpc) is 3.09. The number of carbonyl (C=O) groups is 1. The monoisotopic (exact) mass is 390 g/mol. The van der Waals surface area contributed by atoms with Crippen LogP contribution in [0.25, 0.3) is 21.3 Å². The highest BCUT2D eigenvalue weighted by Crippen LogP contribution is 2.40. The smallest absolute Gasteiger partial charge is 0.303 e. The molecule has 0 atom stereocenters. The summed E-state index contributed by atoms with van der Waals surface area (Å²) in [6.45, 7) is 0. The van der Waals surface area contributed by atoms with Gasteiger partial charge in [-0.25, -0.2) is 9.97 Å². The van der Waals surface area contributed by atoms with Crippen molar-refractivity contribution in [2.45, 2.75) is 17.9 Å². The summed E-state index contributed by atoms with van der Waals surface area (Å²) in [5.41, 5.74) is 2.03. The molecule has 136 valence electrons. The van der Waals surface area contributed by atoms with Gasteiger partial charge in [-0.2, -0.15) is 0 Å². The number of benzene rings is 1. The van der Waals surface area contributed by atoms with E-state index in [0.717, 1.165) is 26.4 Å². The first-order valence-electron chi connectivity index (χ1n) is 7.93. The molecule has 1 N–H and O–H groups in total. The van der Waals surface area contributed by atoms with Crippen molar-refractivity contribution < 1.29 is 19.4 Å². The van der Waals surface area contributed by atoms with Crippen LogP contribution in [0.5, 0.6) is 11.5 Å². The number of fused-ring (bicyclic) bond motifs is 1. The molecule has 0 aliphatic heterocycles. The zero-order chi connectivity index (χ0) is 18.5. The van der Waals surface area contributed by atoms with E-state index in [-0.39, 0.29) is 6.42 Å². The Labute approximate surface area is 159 Å². The summed E-state index contributed by atoms with van der Waals surface area (Å²) in [5, 5.41) is 12.7. The Hall–Kier alpha value is -2.32. The Morgan fingerprint density at radius 3 is 2.77 bits per heavy atom.